The number of nitrogens with zero attached hydrogens (tertiary/aromatic N) is 2. The molecule has 0 radical (unpaired) electrons. The number of para-hydroxylation sites is 1. The number of thioether (sulfide) groups is 1. The maximum absolute atomic E-state index is 14.1. The summed E-state index contributed by atoms with van der Waals surface area (Å²) in [6.07, 6.45) is 0. The van der Waals surface area contributed by atoms with Gasteiger partial charge in [0.15, 0.2) is 0 Å². The molecule has 0 aromatic heterocycles. The van der Waals surface area contributed by atoms with E-state index in [1.54, 1.807) is 37.4 Å². The maximum atomic E-state index is 14.1. The fourth-order valence-corrected chi connectivity index (χ4v) is 4.30. The van der Waals surface area contributed by atoms with Gasteiger partial charge in [0.1, 0.15) is 10.1 Å². The molecule has 0 bridgehead atoms. The number of carbonyl (C=O) groups is 2. The molecule has 0 atom stereocenters. The number of thiocarbonyl (C=S) groups is 1. The SMILES string of the molecule is CN1C(=O)C(=C2C(=O)N(Cc3ccccc3F)c3ccccc32)SC1=S. The van der Waals surface area contributed by atoms with E-state index in [0.29, 0.717) is 31.6 Å². The number of fused-ring (bicyclic) bond motifs is 1. The van der Waals surface area contributed by atoms with E-state index >= 15 is 0 Å². The largest absolute Gasteiger partial charge is 0.303 e. The Hall–Kier alpha value is -2.51. The van der Waals surface area contributed by atoms with Gasteiger partial charge in [0.05, 0.1) is 22.7 Å². The summed E-state index contributed by atoms with van der Waals surface area (Å²) in [6, 6.07) is 13.6. The van der Waals surface area contributed by atoms with Gasteiger partial charge in [-0.3, -0.25) is 14.5 Å². The second kappa shape index (κ2) is 6.34. The maximum Gasteiger partial charge on any atom is 0.266 e. The Labute approximate surface area is 159 Å². The lowest BCUT2D eigenvalue weighted by Gasteiger charge is -2.17. The van der Waals surface area contributed by atoms with Crippen molar-refractivity contribution in [1.29, 1.82) is 0 Å². The van der Waals surface area contributed by atoms with Crippen molar-refractivity contribution in [2.75, 3.05) is 11.9 Å². The van der Waals surface area contributed by atoms with Crippen LogP contribution in [-0.4, -0.2) is 28.1 Å². The van der Waals surface area contributed by atoms with Crippen LogP contribution in [0.25, 0.3) is 5.57 Å². The number of rotatable bonds is 2. The van der Waals surface area contributed by atoms with Gasteiger partial charge in [-0.15, -0.1) is 0 Å². The van der Waals surface area contributed by atoms with Crippen LogP contribution in [0.3, 0.4) is 0 Å². The zero-order valence-electron chi connectivity index (χ0n) is 13.7. The van der Waals surface area contributed by atoms with Crippen LogP contribution in [0.15, 0.2) is 53.4 Å². The van der Waals surface area contributed by atoms with Gasteiger partial charge in [-0.25, -0.2) is 4.39 Å². The van der Waals surface area contributed by atoms with Crippen LogP contribution < -0.4 is 4.90 Å². The molecule has 130 valence electrons. The van der Waals surface area contributed by atoms with Crippen LogP contribution in [0, 0.1) is 5.82 Å². The number of hydrogen-bond acceptors (Lipinski definition) is 4. The predicted molar refractivity (Wildman–Crippen MR) is 104 cm³/mol. The van der Waals surface area contributed by atoms with Gasteiger partial charge in [-0.2, -0.15) is 0 Å². The van der Waals surface area contributed by atoms with Crippen molar-refractivity contribution < 1.29 is 14.0 Å². The Morgan fingerprint density at radius 3 is 2.42 bits per heavy atom. The molecule has 2 amide bonds. The third kappa shape index (κ3) is 2.55. The Kier molecular flexibility index (Phi) is 4.13. The average Bonchev–Trinajstić information content (AvgIpc) is 3.05. The summed E-state index contributed by atoms with van der Waals surface area (Å²) in [5.41, 5.74) is 2.08. The zero-order chi connectivity index (χ0) is 18.4. The summed E-state index contributed by atoms with van der Waals surface area (Å²) in [5, 5.41) is 0. The number of halogens is 1. The molecule has 4 rings (SSSR count). The molecule has 4 nitrogen and oxygen atoms in total. The lowest BCUT2D eigenvalue weighted by Crippen LogP contribution is -2.27. The third-order valence-corrected chi connectivity index (χ3v) is 5.95. The van der Waals surface area contributed by atoms with E-state index in [1.165, 1.54) is 15.9 Å². The lowest BCUT2D eigenvalue weighted by molar-refractivity contribution is -0.121. The number of amides is 2. The number of likely N-dealkylation sites (N-methyl/N-ethyl adjacent to an activating group) is 1. The Bertz CT molecular complexity index is 1000. The summed E-state index contributed by atoms with van der Waals surface area (Å²) >= 11 is 6.30. The number of anilines is 1. The fourth-order valence-electron chi connectivity index (χ4n) is 3.05. The van der Waals surface area contributed by atoms with Gasteiger partial charge < -0.3 is 4.90 Å². The molecule has 0 spiro atoms. The van der Waals surface area contributed by atoms with Gasteiger partial charge in [0.25, 0.3) is 11.8 Å². The standard InChI is InChI=1S/C19H13FN2O2S2/c1-21-18(24)16(26-19(21)25)15-12-7-3-5-9-14(12)22(17(15)23)10-11-6-2-4-8-13(11)20/h2-9H,10H2,1H3. The van der Waals surface area contributed by atoms with Gasteiger partial charge in [-0.1, -0.05) is 60.4 Å². The van der Waals surface area contributed by atoms with Crippen molar-refractivity contribution in [1.82, 2.24) is 4.90 Å². The highest BCUT2D eigenvalue weighted by Gasteiger charge is 2.40. The lowest BCUT2D eigenvalue weighted by atomic mass is 10.1. The molecule has 7 heteroatoms. The molecule has 2 aromatic rings. The van der Waals surface area contributed by atoms with E-state index in [9.17, 15) is 14.0 Å². The quantitative estimate of drug-likeness (QED) is 0.586. The Balaban J connectivity index is 1.83. The molecule has 0 aliphatic carbocycles. The van der Waals surface area contributed by atoms with Crippen LogP contribution in [0.2, 0.25) is 0 Å². The number of benzene rings is 2. The second-order valence-electron chi connectivity index (χ2n) is 5.94. The predicted octanol–water partition coefficient (Wildman–Crippen LogP) is 3.57. The van der Waals surface area contributed by atoms with Crippen molar-refractivity contribution in [2.45, 2.75) is 6.54 Å². The van der Waals surface area contributed by atoms with Crippen molar-refractivity contribution in [3.8, 4) is 0 Å². The molecule has 0 unspecified atom stereocenters. The normalized spacial score (nSPS) is 19.5. The monoisotopic (exact) mass is 384 g/mol. The van der Waals surface area contributed by atoms with Gasteiger partial charge >= 0.3 is 0 Å². The van der Waals surface area contributed by atoms with Crippen LogP contribution >= 0.6 is 24.0 Å². The number of hydrogen-bond donors (Lipinski definition) is 0. The van der Waals surface area contributed by atoms with E-state index in [0.717, 1.165) is 11.8 Å². The van der Waals surface area contributed by atoms with E-state index < -0.39 is 0 Å². The van der Waals surface area contributed by atoms with Crippen molar-refractivity contribution in [3.63, 3.8) is 0 Å². The van der Waals surface area contributed by atoms with Crippen LogP contribution in [0.1, 0.15) is 11.1 Å². The molecule has 2 aliphatic heterocycles. The molecule has 0 saturated carbocycles. The molecule has 26 heavy (non-hydrogen) atoms. The van der Waals surface area contributed by atoms with E-state index in [2.05, 4.69) is 0 Å². The second-order valence-corrected chi connectivity index (χ2v) is 7.58. The summed E-state index contributed by atoms with van der Waals surface area (Å²) < 4.78 is 14.5. The van der Waals surface area contributed by atoms with E-state index in [4.69, 9.17) is 12.2 Å². The summed E-state index contributed by atoms with van der Waals surface area (Å²) in [6.45, 7) is 0.0957. The topological polar surface area (TPSA) is 40.6 Å². The molecule has 2 aliphatic rings. The smallest absolute Gasteiger partial charge is 0.266 e. The third-order valence-electron chi connectivity index (χ3n) is 4.40. The molecular weight excluding hydrogens is 371 g/mol. The minimum absolute atomic E-state index is 0.0957. The Morgan fingerprint density at radius 1 is 1.04 bits per heavy atom. The van der Waals surface area contributed by atoms with Crippen LogP contribution in [0.5, 0.6) is 0 Å². The Morgan fingerprint density at radius 2 is 1.73 bits per heavy atom. The van der Waals surface area contributed by atoms with Crippen molar-refractivity contribution in [3.05, 3.63) is 70.4 Å². The average molecular weight is 384 g/mol. The molecule has 0 N–H and O–H groups in total. The summed E-state index contributed by atoms with van der Waals surface area (Å²) in [4.78, 5) is 28.8. The first-order valence-corrected chi connectivity index (χ1v) is 9.10. The van der Waals surface area contributed by atoms with Gasteiger partial charge in [0, 0.05) is 18.2 Å². The first kappa shape index (κ1) is 16.9. The van der Waals surface area contributed by atoms with Crippen molar-refractivity contribution >= 4 is 51.4 Å². The molecule has 2 aromatic carbocycles. The highest BCUT2D eigenvalue weighted by atomic mass is 32.2. The molecule has 1 fully saturated rings. The molecular formula is C19H13FN2O2S2. The highest BCUT2D eigenvalue weighted by Crippen LogP contribution is 2.44. The summed E-state index contributed by atoms with van der Waals surface area (Å²) in [7, 11) is 1.59. The minimum Gasteiger partial charge on any atom is -0.303 e. The molecule has 1 saturated heterocycles. The first-order chi connectivity index (χ1) is 12.5. The van der Waals surface area contributed by atoms with Crippen molar-refractivity contribution in [2.24, 2.45) is 0 Å². The first-order valence-electron chi connectivity index (χ1n) is 7.88. The van der Waals surface area contributed by atoms with E-state index in [-0.39, 0.29) is 24.2 Å². The van der Waals surface area contributed by atoms with E-state index in [1.807, 2.05) is 12.1 Å². The number of carbonyl (C=O) groups excluding carboxylic acids is 2. The zero-order valence-corrected chi connectivity index (χ0v) is 15.4. The van der Waals surface area contributed by atoms with Gasteiger partial charge in [0.2, 0.25) is 0 Å². The fraction of sp³-hybridized carbons (Fsp3) is 0.105. The molecule has 2 heterocycles. The van der Waals surface area contributed by atoms with Crippen LogP contribution in [0.4, 0.5) is 10.1 Å². The van der Waals surface area contributed by atoms with Gasteiger partial charge in [-0.05, 0) is 12.1 Å². The van der Waals surface area contributed by atoms with Crippen LogP contribution in [-0.2, 0) is 16.1 Å². The summed E-state index contributed by atoms with van der Waals surface area (Å²) in [5.74, 6) is -0.972. The minimum atomic E-state index is -0.369. The highest BCUT2D eigenvalue weighted by molar-refractivity contribution is 8.26.